The highest BCUT2D eigenvalue weighted by Gasteiger charge is 2.50. The molecule has 3 aliphatic carbocycles. The monoisotopic (exact) mass is 360 g/mol. The summed E-state index contributed by atoms with van der Waals surface area (Å²) >= 11 is 4.48. The Kier molecular flexibility index (Phi) is 6.21. The van der Waals surface area contributed by atoms with Crippen molar-refractivity contribution in [2.75, 3.05) is 5.75 Å². The van der Waals surface area contributed by atoms with E-state index >= 15 is 0 Å². The summed E-state index contributed by atoms with van der Waals surface area (Å²) in [6.45, 7) is 9.13. The molecule has 0 aromatic rings. The van der Waals surface area contributed by atoms with Crippen molar-refractivity contribution >= 4 is 12.6 Å². The second-order valence-corrected chi connectivity index (χ2v) is 9.40. The van der Waals surface area contributed by atoms with Gasteiger partial charge in [0.25, 0.3) is 0 Å². The summed E-state index contributed by atoms with van der Waals surface area (Å²) in [5.74, 6) is 3.41. The zero-order valence-corrected chi connectivity index (χ0v) is 17.0. The molecule has 3 rings (SSSR count). The molecule has 2 heteroatoms. The van der Waals surface area contributed by atoms with Gasteiger partial charge in [0.1, 0.15) is 0 Å². The highest BCUT2D eigenvalue weighted by Crippen LogP contribution is 2.59. The Hall–Kier alpha value is -0.470. The quantitative estimate of drug-likeness (QED) is 0.579. The fourth-order valence-electron chi connectivity index (χ4n) is 6.05. The molecular formula is C23H36OS. The summed E-state index contributed by atoms with van der Waals surface area (Å²) < 4.78 is 0. The van der Waals surface area contributed by atoms with E-state index in [0.29, 0.717) is 5.41 Å². The fourth-order valence-corrected chi connectivity index (χ4v) is 6.46. The van der Waals surface area contributed by atoms with E-state index in [1.807, 2.05) is 0 Å². The molecule has 0 aromatic heterocycles. The predicted octanol–water partition coefficient (Wildman–Crippen LogP) is 6.11. The van der Waals surface area contributed by atoms with Gasteiger partial charge in [0, 0.05) is 0 Å². The average Bonchev–Trinajstić information content (AvgIpc) is 2.94. The van der Waals surface area contributed by atoms with Gasteiger partial charge in [0.15, 0.2) is 0 Å². The van der Waals surface area contributed by atoms with Gasteiger partial charge in [-0.15, -0.1) is 0 Å². The van der Waals surface area contributed by atoms with Crippen molar-refractivity contribution in [3.05, 3.63) is 35.5 Å². The van der Waals surface area contributed by atoms with Crippen molar-refractivity contribution in [1.29, 1.82) is 0 Å². The number of fused-ring (bicyclic) bond motifs is 1. The van der Waals surface area contributed by atoms with Crippen LogP contribution in [0.15, 0.2) is 35.5 Å². The van der Waals surface area contributed by atoms with E-state index < -0.39 is 0 Å². The van der Waals surface area contributed by atoms with Gasteiger partial charge in [-0.1, -0.05) is 38.2 Å². The maximum absolute atomic E-state index is 10.1. The van der Waals surface area contributed by atoms with Gasteiger partial charge in [0.2, 0.25) is 0 Å². The van der Waals surface area contributed by atoms with Crippen LogP contribution in [0.2, 0.25) is 0 Å². The number of allylic oxidation sites excluding steroid dienone is 3. The summed E-state index contributed by atoms with van der Waals surface area (Å²) in [6, 6.07) is 0. The van der Waals surface area contributed by atoms with Gasteiger partial charge in [-0.25, -0.2) is 0 Å². The minimum absolute atomic E-state index is 0.326. The van der Waals surface area contributed by atoms with Gasteiger partial charge in [-0.05, 0) is 97.9 Å². The van der Waals surface area contributed by atoms with E-state index in [1.165, 1.54) is 44.1 Å². The van der Waals surface area contributed by atoms with Crippen molar-refractivity contribution < 1.29 is 5.11 Å². The zero-order chi connectivity index (χ0) is 18.0. The van der Waals surface area contributed by atoms with Gasteiger partial charge < -0.3 is 5.11 Å². The van der Waals surface area contributed by atoms with Crippen molar-refractivity contribution in [1.82, 2.24) is 0 Å². The topological polar surface area (TPSA) is 20.2 Å². The number of aliphatic hydroxyl groups excluding tert-OH is 1. The summed E-state index contributed by atoms with van der Waals surface area (Å²) in [5.41, 5.74) is 4.37. The van der Waals surface area contributed by atoms with Crippen LogP contribution in [-0.2, 0) is 0 Å². The molecule has 4 unspecified atom stereocenters. The molecule has 3 saturated carbocycles. The van der Waals surface area contributed by atoms with E-state index in [-0.39, 0.29) is 6.10 Å². The van der Waals surface area contributed by atoms with Crippen LogP contribution in [-0.4, -0.2) is 17.0 Å². The minimum atomic E-state index is -0.326. The normalized spacial score (nSPS) is 40.5. The summed E-state index contributed by atoms with van der Waals surface area (Å²) in [7, 11) is 0. The van der Waals surface area contributed by atoms with E-state index in [4.69, 9.17) is 0 Å². The Balaban J connectivity index is 1.79. The first kappa shape index (κ1) is 19.3. The minimum Gasteiger partial charge on any atom is -0.388 e. The molecule has 3 aliphatic rings. The highest BCUT2D eigenvalue weighted by molar-refractivity contribution is 7.80. The molecule has 0 aliphatic heterocycles. The summed E-state index contributed by atoms with van der Waals surface area (Å²) in [5, 5.41) is 10.1. The van der Waals surface area contributed by atoms with E-state index in [2.05, 4.69) is 45.2 Å². The van der Waals surface area contributed by atoms with Crippen molar-refractivity contribution in [3.8, 4) is 0 Å². The van der Waals surface area contributed by atoms with Crippen LogP contribution in [0.25, 0.3) is 0 Å². The second-order valence-electron chi connectivity index (χ2n) is 8.95. The Morgan fingerprint density at radius 3 is 2.80 bits per heavy atom. The molecule has 1 N–H and O–H groups in total. The van der Waals surface area contributed by atoms with Crippen LogP contribution in [0.3, 0.4) is 0 Å². The lowest BCUT2D eigenvalue weighted by Gasteiger charge is -2.44. The van der Waals surface area contributed by atoms with E-state index in [1.54, 1.807) is 5.57 Å². The third kappa shape index (κ3) is 3.81. The molecule has 0 aromatic carbocycles. The molecular weight excluding hydrogens is 324 g/mol. The fraction of sp³-hybridized carbons (Fsp3) is 0.739. The van der Waals surface area contributed by atoms with Crippen LogP contribution in [0.4, 0.5) is 0 Å². The number of hydrogen-bond donors (Lipinski definition) is 2. The third-order valence-electron chi connectivity index (χ3n) is 7.55. The van der Waals surface area contributed by atoms with E-state index in [9.17, 15) is 5.11 Å². The molecule has 0 amide bonds. The van der Waals surface area contributed by atoms with Crippen molar-refractivity contribution in [3.63, 3.8) is 0 Å². The van der Waals surface area contributed by atoms with Crippen molar-refractivity contribution in [2.45, 2.75) is 77.7 Å². The molecule has 0 bridgehead atoms. The Morgan fingerprint density at radius 2 is 2.04 bits per heavy atom. The Bertz CT molecular complexity index is 560. The second kappa shape index (κ2) is 8.05. The smallest absolute Gasteiger partial charge is 0.0787 e. The number of thiol groups is 1. The predicted molar refractivity (Wildman–Crippen MR) is 111 cm³/mol. The first-order valence-electron chi connectivity index (χ1n) is 10.3. The average molecular weight is 361 g/mol. The number of hydrogen-bond acceptors (Lipinski definition) is 2. The van der Waals surface area contributed by atoms with Gasteiger partial charge in [-0.3, -0.25) is 0 Å². The van der Waals surface area contributed by atoms with Gasteiger partial charge in [-0.2, -0.15) is 12.6 Å². The first-order chi connectivity index (χ1) is 12.0. The highest BCUT2D eigenvalue weighted by atomic mass is 32.1. The standard InChI is InChI=1S/C23H36OS/c1-16(13-15-25)20-11-12-21-19(7-5-14-23(20,21)3)10-9-18-6-4-8-22(24)17(18)2/h9-10,16,20-22,24-25H,2,4-8,11-15H2,1,3H3/b18-9-,19-10+/t16-,20?,21?,22?,23?/m1/s1. The molecule has 0 heterocycles. The van der Waals surface area contributed by atoms with Crippen LogP contribution in [0, 0.1) is 23.2 Å². The lowest BCUT2D eigenvalue weighted by molar-refractivity contribution is 0.0966. The summed E-state index contributed by atoms with van der Waals surface area (Å²) in [6.07, 6.45) is 15.4. The number of rotatable bonds is 4. The molecule has 1 nitrogen and oxygen atoms in total. The molecule has 0 saturated heterocycles. The molecule has 140 valence electrons. The molecule has 0 radical (unpaired) electrons. The Labute approximate surface area is 160 Å². The largest absolute Gasteiger partial charge is 0.388 e. The van der Waals surface area contributed by atoms with Crippen molar-refractivity contribution in [2.24, 2.45) is 23.2 Å². The maximum Gasteiger partial charge on any atom is 0.0787 e. The van der Waals surface area contributed by atoms with Crippen LogP contribution >= 0.6 is 12.6 Å². The molecule has 5 atom stereocenters. The SMILES string of the molecule is C=C1/C(=C\C=C2/CCCC3(C)C2CCC3[C@H](C)CCS)CCCC1O. The number of aliphatic hydroxyl groups is 1. The van der Waals surface area contributed by atoms with Crippen LogP contribution in [0.5, 0.6) is 0 Å². The zero-order valence-electron chi connectivity index (χ0n) is 16.1. The van der Waals surface area contributed by atoms with Gasteiger partial charge in [0.05, 0.1) is 6.10 Å². The summed E-state index contributed by atoms with van der Waals surface area (Å²) in [4.78, 5) is 0. The van der Waals surface area contributed by atoms with E-state index in [0.717, 1.165) is 48.3 Å². The first-order valence-corrected chi connectivity index (χ1v) is 11.0. The lowest BCUT2D eigenvalue weighted by Crippen LogP contribution is -2.36. The van der Waals surface area contributed by atoms with Gasteiger partial charge >= 0.3 is 0 Å². The Morgan fingerprint density at radius 1 is 1.24 bits per heavy atom. The van der Waals surface area contributed by atoms with Crippen LogP contribution in [0.1, 0.15) is 71.6 Å². The molecule has 0 spiro atoms. The molecule has 25 heavy (non-hydrogen) atoms. The maximum atomic E-state index is 10.1. The third-order valence-corrected chi connectivity index (χ3v) is 7.80. The van der Waals surface area contributed by atoms with Crippen LogP contribution < -0.4 is 0 Å². The lowest BCUT2D eigenvalue weighted by atomic mass is 9.61. The molecule has 3 fully saturated rings.